The Morgan fingerprint density at radius 3 is 2.93 bits per heavy atom. The highest BCUT2D eigenvalue weighted by Crippen LogP contribution is 2.32. The lowest BCUT2D eigenvalue weighted by Gasteiger charge is -2.21. The first-order valence-corrected chi connectivity index (χ1v) is 10.1. The molecule has 0 aliphatic heterocycles. The summed E-state index contributed by atoms with van der Waals surface area (Å²) in [6.45, 7) is 1.06. The number of amides is 2. The topological polar surface area (TPSA) is 66.0 Å². The van der Waals surface area contributed by atoms with Gasteiger partial charge in [-0.05, 0) is 23.1 Å². The molecule has 0 saturated heterocycles. The molecule has 0 unspecified atom stereocenters. The average molecular weight is 394 g/mol. The Kier molecular flexibility index (Phi) is 5.16. The lowest BCUT2D eigenvalue weighted by Crippen LogP contribution is -2.38. The highest BCUT2D eigenvalue weighted by molar-refractivity contribution is 7.10. The molecule has 4 aromatic rings. The summed E-state index contributed by atoms with van der Waals surface area (Å²) in [6.07, 6.45) is 5.76. The molecule has 4 rings (SSSR count). The number of aromatic amines is 1. The molecular weight excluding hydrogens is 370 g/mol. The van der Waals surface area contributed by atoms with Crippen molar-refractivity contribution in [1.29, 1.82) is 0 Å². The number of carbonyl (C=O) groups is 1. The van der Waals surface area contributed by atoms with Crippen LogP contribution in [0.2, 0.25) is 0 Å². The van der Waals surface area contributed by atoms with Gasteiger partial charge in [-0.3, -0.25) is 4.68 Å². The van der Waals surface area contributed by atoms with Crippen LogP contribution in [0.4, 0.5) is 4.79 Å². The van der Waals surface area contributed by atoms with Crippen molar-refractivity contribution in [3.63, 3.8) is 0 Å². The molecular formula is C21H23N5OS. The predicted octanol–water partition coefficient (Wildman–Crippen LogP) is 3.94. The van der Waals surface area contributed by atoms with Crippen LogP contribution in [0.5, 0.6) is 0 Å². The van der Waals surface area contributed by atoms with Gasteiger partial charge in [0.25, 0.3) is 0 Å². The zero-order chi connectivity index (χ0) is 19.5. The molecule has 0 aliphatic carbocycles. The van der Waals surface area contributed by atoms with Gasteiger partial charge in [-0.15, -0.1) is 11.3 Å². The molecule has 2 N–H and O–H groups in total. The lowest BCUT2D eigenvalue weighted by molar-refractivity contribution is 0.206. The van der Waals surface area contributed by atoms with E-state index in [4.69, 9.17) is 0 Å². The molecule has 1 atom stereocenters. The number of rotatable bonds is 6. The van der Waals surface area contributed by atoms with Crippen LogP contribution in [0.15, 0.2) is 60.4 Å². The van der Waals surface area contributed by atoms with Crippen molar-refractivity contribution in [2.24, 2.45) is 7.05 Å². The zero-order valence-electron chi connectivity index (χ0n) is 15.9. The molecule has 0 fully saturated rings. The quantitative estimate of drug-likeness (QED) is 0.521. The zero-order valence-corrected chi connectivity index (χ0v) is 16.7. The second-order valence-corrected chi connectivity index (χ2v) is 7.90. The molecule has 6 nitrogen and oxygen atoms in total. The first-order valence-electron chi connectivity index (χ1n) is 9.17. The molecule has 7 heteroatoms. The highest BCUT2D eigenvalue weighted by atomic mass is 32.1. The monoisotopic (exact) mass is 393 g/mol. The number of thiophene rings is 1. The Hall–Kier alpha value is -3.06. The fourth-order valence-electron chi connectivity index (χ4n) is 3.46. The third-order valence-corrected chi connectivity index (χ3v) is 5.85. The van der Waals surface area contributed by atoms with Crippen LogP contribution >= 0.6 is 11.3 Å². The van der Waals surface area contributed by atoms with Gasteiger partial charge in [-0.25, -0.2) is 4.79 Å². The number of benzene rings is 1. The van der Waals surface area contributed by atoms with E-state index in [1.807, 2.05) is 25.4 Å². The SMILES string of the molecule is CN(Cc1cnn(C)c1)C(=O)NC[C@H](c1cccs1)c1c[nH]c2ccccc12. The maximum absolute atomic E-state index is 12.6. The number of hydrogen-bond donors (Lipinski definition) is 2. The third kappa shape index (κ3) is 3.80. The predicted molar refractivity (Wildman–Crippen MR) is 113 cm³/mol. The van der Waals surface area contributed by atoms with Gasteiger partial charge in [0.05, 0.1) is 12.7 Å². The van der Waals surface area contributed by atoms with Crippen LogP contribution in [-0.2, 0) is 13.6 Å². The van der Waals surface area contributed by atoms with Gasteiger partial charge in [0.1, 0.15) is 0 Å². The van der Waals surface area contributed by atoms with Crippen LogP contribution in [0, 0.1) is 0 Å². The lowest BCUT2D eigenvalue weighted by atomic mass is 9.97. The molecule has 0 aliphatic rings. The van der Waals surface area contributed by atoms with Gasteiger partial charge in [0, 0.05) is 60.3 Å². The van der Waals surface area contributed by atoms with Crippen molar-refractivity contribution in [2.45, 2.75) is 12.5 Å². The maximum atomic E-state index is 12.6. The number of para-hydroxylation sites is 1. The number of carbonyl (C=O) groups excluding carboxylic acids is 1. The minimum absolute atomic E-state index is 0.0924. The smallest absolute Gasteiger partial charge is 0.317 e. The summed E-state index contributed by atoms with van der Waals surface area (Å²) in [7, 11) is 3.67. The minimum atomic E-state index is -0.0924. The van der Waals surface area contributed by atoms with Crippen LogP contribution in [0.1, 0.15) is 21.9 Å². The second-order valence-electron chi connectivity index (χ2n) is 6.92. The van der Waals surface area contributed by atoms with E-state index in [2.05, 4.69) is 51.2 Å². The van der Waals surface area contributed by atoms with Crippen LogP contribution in [-0.4, -0.2) is 39.3 Å². The standard InChI is InChI=1S/C21H23N5OS/c1-25(13-15-10-24-26(2)14-15)21(27)23-12-18(20-8-5-9-28-20)17-11-22-19-7-4-3-6-16(17)19/h3-11,14,18,22H,12-13H2,1-2H3,(H,23,27)/t18-/m0/s1. The molecule has 3 heterocycles. The number of nitrogens with one attached hydrogen (secondary N) is 2. The van der Waals surface area contributed by atoms with Gasteiger partial charge >= 0.3 is 6.03 Å². The van der Waals surface area contributed by atoms with E-state index in [1.165, 1.54) is 15.8 Å². The summed E-state index contributed by atoms with van der Waals surface area (Å²) in [5.74, 6) is 0.104. The summed E-state index contributed by atoms with van der Waals surface area (Å²) in [4.78, 5) is 18.9. The average Bonchev–Trinajstić information content (AvgIpc) is 3.44. The number of H-pyrrole nitrogens is 1. The minimum Gasteiger partial charge on any atom is -0.361 e. The maximum Gasteiger partial charge on any atom is 0.317 e. The largest absolute Gasteiger partial charge is 0.361 e. The van der Waals surface area contributed by atoms with Crippen molar-refractivity contribution in [1.82, 2.24) is 25.0 Å². The molecule has 1 aromatic carbocycles. The van der Waals surface area contributed by atoms with Gasteiger partial charge < -0.3 is 15.2 Å². The van der Waals surface area contributed by atoms with Crippen molar-refractivity contribution in [3.8, 4) is 0 Å². The molecule has 0 radical (unpaired) electrons. The molecule has 0 bridgehead atoms. The number of aryl methyl sites for hydroxylation is 1. The third-order valence-electron chi connectivity index (χ3n) is 4.87. The summed E-state index contributed by atoms with van der Waals surface area (Å²) in [5.41, 5.74) is 3.32. The first-order chi connectivity index (χ1) is 13.6. The second kappa shape index (κ2) is 7.90. The van der Waals surface area contributed by atoms with Gasteiger partial charge in [-0.2, -0.15) is 5.10 Å². The number of hydrogen-bond acceptors (Lipinski definition) is 3. The van der Waals surface area contributed by atoms with Crippen LogP contribution in [0.25, 0.3) is 10.9 Å². The molecule has 144 valence electrons. The van der Waals surface area contributed by atoms with E-state index in [-0.39, 0.29) is 11.9 Å². The summed E-state index contributed by atoms with van der Waals surface area (Å²) in [5, 5.41) is 10.5. The number of fused-ring (bicyclic) bond motifs is 1. The van der Waals surface area contributed by atoms with E-state index >= 15 is 0 Å². The van der Waals surface area contributed by atoms with Crippen LogP contribution in [0.3, 0.4) is 0 Å². The van der Waals surface area contributed by atoms with Gasteiger partial charge in [0.2, 0.25) is 0 Å². The van der Waals surface area contributed by atoms with Gasteiger partial charge in [-0.1, -0.05) is 24.3 Å². The Labute approximate surface area is 167 Å². The van der Waals surface area contributed by atoms with Crippen molar-refractivity contribution in [2.75, 3.05) is 13.6 Å². The summed E-state index contributed by atoms with van der Waals surface area (Å²) >= 11 is 1.71. The molecule has 3 aromatic heterocycles. The fourth-order valence-corrected chi connectivity index (χ4v) is 4.31. The fraction of sp³-hybridized carbons (Fsp3) is 0.238. The van der Waals surface area contributed by atoms with E-state index < -0.39 is 0 Å². The number of nitrogens with zero attached hydrogens (tertiary/aromatic N) is 3. The summed E-state index contributed by atoms with van der Waals surface area (Å²) in [6, 6.07) is 12.4. The van der Waals surface area contributed by atoms with E-state index in [0.29, 0.717) is 13.1 Å². The molecule has 28 heavy (non-hydrogen) atoms. The Balaban J connectivity index is 1.50. The summed E-state index contributed by atoms with van der Waals surface area (Å²) < 4.78 is 1.74. The molecule has 0 saturated carbocycles. The number of urea groups is 1. The Morgan fingerprint density at radius 1 is 1.32 bits per heavy atom. The van der Waals surface area contributed by atoms with E-state index in [0.717, 1.165) is 11.1 Å². The Bertz CT molecular complexity index is 1070. The van der Waals surface area contributed by atoms with Crippen LogP contribution < -0.4 is 5.32 Å². The highest BCUT2D eigenvalue weighted by Gasteiger charge is 2.21. The van der Waals surface area contributed by atoms with Gasteiger partial charge in [0.15, 0.2) is 0 Å². The van der Waals surface area contributed by atoms with Crippen molar-refractivity contribution in [3.05, 3.63) is 76.4 Å². The molecule has 0 spiro atoms. The van der Waals surface area contributed by atoms with Crippen molar-refractivity contribution >= 4 is 28.3 Å². The number of aromatic nitrogens is 3. The normalized spacial score (nSPS) is 12.2. The molecule has 2 amide bonds. The van der Waals surface area contributed by atoms with E-state index in [1.54, 1.807) is 34.2 Å². The van der Waals surface area contributed by atoms with E-state index in [9.17, 15) is 4.79 Å². The first kappa shape index (κ1) is 18.3. The Morgan fingerprint density at radius 2 is 2.18 bits per heavy atom. The van der Waals surface area contributed by atoms with Crippen molar-refractivity contribution < 1.29 is 4.79 Å².